The molecule has 8 heteroatoms. The number of nitro groups is 1. The third-order valence-corrected chi connectivity index (χ3v) is 4.24. The molecule has 0 heterocycles. The van der Waals surface area contributed by atoms with E-state index in [2.05, 4.69) is 0 Å². The molecule has 26 heavy (non-hydrogen) atoms. The van der Waals surface area contributed by atoms with E-state index < -0.39 is 28.5 Å². The van der Waals surface area contributed by atoms with E-state index >= 15 is 0 Å². The summed E-state index contributed by atoms with van der Waals surface area (Å²) in [5, 5.41) is 11.2. The maximum Gasteiger partial charge on any atom is 0.410 e. The molecule has 144 valence electrons. The first-order chi connectivity index (χ1) is 12.1. The van der Waals surface area contributed by atoms with E-state index in [4.69, 9.17) is 9.47 Å². The van der Waals surface area contributed by atoms with E-state index in [1.807, 2.05) is 0 Å². The number of ether oxygens (including phenoxy) is 2. The number of carbonyl (C=O) groups is 1. The lowest BCUT2D eigenvalue weighted by atomic mass is 9.91. The van der Waals surface area contributed by atoms with Crippen molar-refractivity contribution in [2.75, 3.05) is 7.05 Å². The van der Waals surface area contributed by atoms with E-state index in [-0.39, 0.29) is 17.5 Å². The van der Waals surface area contributed by atoms with Gasteiger partial charge >= 0.3 is 11.8 Å². The fourth-order valence-electron chi connectivity index (χ4n) is 3.02. The Hall–Kier alpha value is -2.38. The number of amides is 1. The maximum atomic E-state index is 13.5. The monoisotopic (exact) mass is 368 g/mol. The van der Waals surface area contributed by atoms with Gasteiger partial charge in [-0.15, -0.1) is 0 Å². The van der Waals surface area contributed by atoms with Crippen molar-refractivity contribution in [1.29, 1.82) is 0 Å². The van der Waals surface area contributed by atoms with Crippen LogP contribution in [-0.2, 0) is 4.74 Å². The minimum atomic E-state index is -0.627. The van der Waals surface area contributed by atoms with Crippen LogP contribution in [0.3, 0.4) is 0 Å². The van der Waals surface area contributed by atoms with E-state index in [9.17, 15) is 19.3 Å². The van der Waals surface area contributed by atoms with Gasteiger partial charge in [0.2, 0.25) is 0 Å². The van der Waals surface area contributed by atoms with Gasteiger partial charge in [-0.25, -0.2) is 9.18 Å². The highest BCUT2D eigenvalue weighted by molar-refractivity contribution is 5.68. The van der Waals surface area contributed by atoms with Crippen molar-refractivity contribution in [1.82, 2.24) is 4.90 Å². The number of likely N-dealkylation sites (N-methyl/N-ethyl adjacent to an activating group) is 1. The van der Waals surface area contributed by atoms with Crippen molar-refractivity contribution in [2.24, 2.45) is 0 Å². The lowest BCUT2D eigenvalue weighted by Crippen LogP contribution is -2.50. The largest absolute Gasteiger partial charge is 0.481 e. The Morgan fingerprint density at radius 1 is 1.31 bits per heavy atom. The first-order valence-corrected chi connectivity index (χ1v) is 8.65. The lowest BCUT2D eigenvalue weighted by molar-refractivity contribution is -0.386. The molecular formula is C18H25FN2O5. The van der Waals surface area contributed by atoms with Gasteiger partial charge in [0.25, 0.3) is 0 Å². The molecule has 0 N–H and O–H groups in total. The number of rotatable bonds is 4. The zero-order chi connectivity index (χ0) is 19.5. The van der Waals surface area contributed by atoms with Gasteiger partial charge in [0.15, 0.2) is 5.75 Å². The summed E-state index contributed by atoms with van der Waals surface area (Å²) in [4.78, 5) is 24.4. The molecule has 7 nitrogen and oxygen atoms in total. The van der Waals surface area contributed by atoms with Gasteiger partial charge in [-0.1, -0.05) is 6.42 Å². The van der Waals surface area contributed by atoms with Gasteiger partial charge in [-0.3, -0.25) is 10.1 Å². The molecule has 2 rings (SSSR count). The SMILES string of the molecule is CN(C(=O)OC(C)(C)C)C1CCCCC1Oc1cc(F)ccc1[N+](=O)[O-]. The number of nitro benzene ring substituents is 1. The third kappa shape index (κ3) is 5.06. The smallest absolute Gasteiger partial charge is 0.410 e. The Bertz CT molecular complexity index is 674. The summed E-state index contributed by atoms with van der Waals surface area (Å²) >= 11 is 0. The Morgan fingerprint density at radius 3 is 2.58 bits per heavy atom. The Balaban J connectivity index is 2.20. The molecule has 2 unspecified atom stereocenters. The lowest BCUT2D eigenvalue weighted by Gasteiger charge is -2.38. The quantitative estimate of drug-likeness (QED) is 0.585. The molecule has 1 saturated carbocycles. The number of halogens is 1. The fourth-order valence-corrected chi connectivity index (χ4v) is 3.02. The standard InChI is InChI=1S/C18H25FN2O5/c1-18(2,3)26-17(22)20(4)13-7-5-6-8-15(13)25-16-11-12(19)9-10-14(16)21(23)24/h9-11,13,15H,5-8H2,1-4H3. The van der Waals surface area contributed by atoms with Crippen molar-refractivity contribution in [3.63, 3.8) is 0 Å². The summed E-state index contributed by atoms with van der Waals surface area (Å²) in [5.74, 6) is -0.733. The minimum Gasteiger partial charge on any atom is -0.481 e. The molecule has 1 fully saturated rings. The predicted octanol–water partition coefficient (Wildman–Crippen LogP) is 4.29. The molecule has 1 aromatic carbocycles. The van der Waals surface area contributed by atoms with Gasteiger partial charge in [0.1, 0.15) is 17.5 Å². The van der Waals surface area contributed by atoms with Crippen LogP contribution < -0.4 is 4.74 Å². The van der Waals surface area contributed by atoms with Crippen LogP contribution in [0.4, 0.5) is 14.9 Å². The van der Waals surface area contributed by atoms with E-state index in [1.54, 1.807) is 27.8 Å². The van der Waals surface area contributed by atoms with Crippen molar-refractivity contribution in [2.45, 2.75) is 64.2 Å². The Morgan fingerprint density at radius 2 is 1.96 bits per heavy atom. The Labute approximate surface area is 152 Å². The van der Waals surface area contributed by atoms with Gasteiger partial charge in [-0.05, 0) is 46.1 Å². The first kappa shape index (κ1) is 19.9. The highest BCUT2D eigenvalue weighted by Gasteiger charge is 2.35. The van der Waals surface area contributed by atoms with Crippen LogP contribution in [0.5, 0.6) is 5.75 Å². The second-order valence-electron chi connectivity index (χ2n) is 7.47. The van der Waals surface area contributed by atoms with Crippen molar-refractivity contribution < 1.29 is 23.6 Å². The number of carbonyl (C=O) groups excluding carboxylic acids is 1. The molecule has 0 saturated heterocycles. The van der Waals surface area contributed by atoms with Crippen LogP contribution in [0.2, 0.25) is 0 Å². The number of benzene rings is 1. The van der Waals surface area contributed by atoms with E-state index in [1.165, 1.54) is 4.90 Å². The van der Waals surface area contributed by atoms with Crippen molar-refractivity contribution >= 4 is 11.8 Å². The molecule has 1 amide bonds. The Kier molecular flexibility index (Phi) is 6.05. The summed E-state index contributed by atoms with van der Waals surface area (Å²) in [5.41, 5.74) is -0.923. The molecule has 0 aliphatic heterocycles. The summed E-state index contributed by atoms with van der Waals surface area (Å²) in [7, 11) is 1.63. The second-order valence-corrected chi connectivity index (χ2v) is 7.47. The zero-order valence-electron chi connectivity index (χ0n) is 15.5. The van der Waals surface area contributed by atoms with Crippen LogP contribution in [0, 0.1) is 15.9 Å². The van der Waals surface area contributed by atoms with E-state index in [0.29, 0.717) is 12.8 Å². The van der Waals surface area contributed by atoms with Crippen LogP contribution in [0.15, 0.2) is 18.2 Å². The van der Waals surface area contributed by atoms with Crippen LogP contribution in [0.1, 0.15) is 46.5 Å². The van der Waals surface area contributed by atoms with Crippen molar-refractivity contribution in [3.8, 4) is 5.75 Å². The van der Waals surface area contributed by atoms with Crippen LogP contribution in [-0.4, -0.2) is 40.7 Å². The first-order valence-electron chi connectivity index (χ1n) is 8.65. The average molecular weight is 368 g/mol. The third-order valence-electron chi connectivity index (χ3n) is 4.24. The van der Waals surface area contributed by atoms with Crippen molar-refractivity contribution in [3.05, 3.63) is 34.1 Å². The molecule has 0 radical (unpaired) electrons. The number of hydrogen-bond donors (Lipinski definition) is 0. The number of hydrogen-bond acceptors (Lipinski definition) is 5. The second kappa shape index (κ2) is 7.88. The minimum absolute atomic E-state index is 0.121. The predicted molar refractivity (Wildman–Crippen MR) is 93.7 cm³/mol. The maximum absolute atomic E-state index is 13.5. The topological polar surface area (TPSA) is 81.9 Å². The normalized spacial score (nSPS) is 20.3. The number of nitrogens with zero attached hydrogens (tertiary/aromatic N) is 2. The van der Waals surface area contributed by atoms with Gasteiger partial charge in [0, 0.05) is 19.2 Å². The molecule has 2 atom stereocenters. The molecule has 0 spiro atoms. The summed E-state index contributed by atoms with van der Waals surface area (Å²) in [6, 6.07) is 2.81. The molecule has 0 aromatic heterocycles. The van der Waals surface area contributed by atoms with Gasteiger partial charge in [0.05, 0.1) is 11.0 Å². The molecule has 1 aliphatic carbocycles. The molecule has 1 aliphatic rings. The summed E-state index contributed by atoms with van der Waals surface area (Å²) < 4.78 is 24.8. The van der Waals surface area contributed by atoms with Crippen LogP contribution in [0.25, 0.3) is 0 Å². The average Bonchev–Trinajstić information content (AvgIpc) is 2.53. The summed E-state index contributed by atoms with van der Waals surface area (Å²) in [6.07, 6.45) is 2.12. The fraction of sp³-hybridized carbons (Fsp3) is 0.611. The van der Waals surface area contributed by atoms with Gasteiger partial charge < -0.3 is 14.4 Å². The van der Waals surface area contributed by atoms with E-state index in [0.717, 1.165) is 31.0 Å². The molecule has 1 aromatic rings. The highest BCUT2D eigenvalue weighted by Crippen LogP contribution is 2.33. The highest BCUT2D eigenvalue weighted by atomic mass is 19.1. The molecule has 0 bridgehead atoms. The zero-order valence-corrected chi connectivity index (χ0v) is 15.5. The van der Waals surface area contributed by atoms with Gasteiger partial charge in [-0.2, -0.15) is 0 Å². The van der Waals surface area contributed by atoms with Crippen LogP contribution >= 0.6 is 0 Å². The molecular weight excluding hydrogens is 343 g/mol. The summed E-state index contributed by atoms with van der Waals surface area (Å²) in [6.45, 7) is 5.34.